The Hall–Kier alpha value is -1.92. The Morgan fingerprint density at radius 2 is 2.10 bits per heavy atom. The number of amides is 1. The first-order valence-electron chi connectivity index (χ1n) is 10.7. The summed E-state index contributed by atoms with van der Waals surface area (Å²) in [5.74, 6) is 1.33. The number of likely N-dealkylation sites (tertiary alicyclic amines) is 1. The van der Waals surface area contributed by atoms with Crippen molar-refractivity contribution in [1.82, 2.24) is 14.8 Å². The topological polar surface area (TPSA) is 45.7 Å². The second-order valence-corrected chi connectivity index (χ2v) is 9.05. The quantitative estimate of drug-likeness (QED) is 0.640. The van der Waals surface area contributed by atoms with Crippen LogP contribution in [0.5, 0.6) is 5.75 Å². The standard InChI is InChI=1S/C23H33N3O2S/c1-5-26(6-2)23(27)20-10-8-12-25(15-20)14-19-9-7-11-21(13-19)28-16-22-17(3)24-18(4)29-22/h7,9,11,13,20H,5-6,8,10,12,14-16H2,1-4H3. The Morgan fingerprint density at radius 3 is 2.79 bits per heavy atom. The van der Waals surface area contributed by atoms with E-state index in [2.05, 4.69) is 41.9 Å². The van der Waals surface area contributed by atoms with Crippen LogP contribution in [-0.2, 0) is 17.9 Å². The van der Waals surface area contributed by atoms with Gasteiger partial charge in [-0.2, -0.15) is 0 Å². The minimum Gasteiger partial charge on any atom is -0.488 e. The molecule has 6 heteroatoms. The smallest absolute Gasteiger partial charge is 0.226 e. The van der Waals surface area contributed by atoms with Gasteiger partial charge < -0.3 is 9.64 Å². The van der Waals surface area contributed by atoms with Gasteiger partial charge in [-0.15, -0.1) is 11.3 Å². The van der Waals surface area contributed by atoms with Gasteiger partial charge in [-0.25, -0.2) is 4.98 Å². The predicted octanol–water partition coefficient (Wildman–Crippen LogP) is 4.42. The van der Waals surface area contributed by atoms with Crippen molar-refractivity contribution >= 4 is 17.2 Å². The van der Waals surface area contributed by atoms with Crippen molar-refractivity contribution in [3.05, 3.63) is 45.4 Å². The van der Waals surface area contributed by atoms with Crippen molar-refractivity contribution in [3.8, 4) is 5.75 Å². The molecule has 1 atom stereocenters. The second-order valence-electron chi connectivity index (χ2n) is 7.76. The molecule has 5 nitrogen and oxygen atoms in total. The summed E-state index contributed by atoms with van der Waals surface area (Å²) in [4.78, 5) is 22.8. The van der Waals surface area contributed by atoms with Gasteiger partial charge >= 0.3 is 0 Å². The number of ether oxygens (including phenoxy) is 1. The van der Waals surface area contributed by atoms with E-state index in [0.29, 0.717) is 12.5 Å². The zero-order valence-corrected chi connectivity index (χ0v) is 18.9. The zero-order chi connectivity index (χ0) is 20.8. The number of carbonyl (C=O) groups is 1. The van der Waals surface area contributed by atoms with Crippen molar-refractivity contribution in [3.63, 3.8) is 0 Å². The first-order valence-corrected chi connectivity index (χ1v) is 11.5. The van der Waals surface area contributed by atoms with E-state index in [4.69, 9.17) is 4.74 Å². The van der Waals surface area contributed by atoms with E-state index in [9.17, 15) is 4.79 Å². The zero-order valence-electron chi connectivity index (χ0n) is 18.1. The summed E-state index contributed by atoms with van der Waals surface area (Å²) in [6, 6.07) is 8.33. The number of aromatic nitrogens is 1. The molecule has 2 aromatic rings. The van der Waals surface area contributed by atoms with Crippen LogP contribution in [0.2, 0.25) is 0 Å². The number of benzene rings is 1. The van der Waals surface area contributed by atoms with Gasteiger partial charge in [0.15, 0.2) is 0 Å². The minimum atomic E-state index is 0.126. The lowest BCUT2D eigenvalue weighted by Gasteiger charge is -2.34. The predicted molar refractivity (Wildman–Crippen MR) is 118 cm³/mol. The van der Waals surface area contributed by atoms with E-state index in [-0.39, 0.29) is 5.92 Å². The van der Waals surface area contributed by atoms with Crippen LogP contribution in [0.15, 0.2) is 24.3 Å². The molecule has 1 fully saturated rings. The third-order valence-electron chi connectivity index (χ3n) is 5.60. The van der Waals surface area contributed by atoms with Gasteiger partial charge in [0.2, 0.25) is 5.91 Å². The van der Waals surface area contributed by atoms with Crippen LogP contribution in [0.3, 0.4) is 0 Å². The normalized spacial score (nSPS) is 17.3. The van der Waals surface area contributed by atoms with Gasteiger partial charge in [0.1, 0.15) is 12.4 Å². The SMILES string of the molecule is CCN(CC)C(=O)C1CCCN(Cc2cccc(OCc3sc(C)nc3C)c2)C1. The van der Waals surface area contributed by atoms with Crippen molar-refractivity contribution < 1.29 is 9.53 Å². The van der Waals surface area contributed by atoms with E-state index < -0.39 is 0 Å². The fourth-order valence-electron chi connectivity index (χ4n) is 4.04. The molecule has 0 N–H and O–H groups in total. The third kappa shape index (κ3) is 5.80. The molecule has 0 radical (unpaired) electrons. The molecule has 1 amide bonds. The van der Waals surface area contributed by atoms with Gasteiger partial charge in [0.05, 0.1) is 21.5 Å². The van der Waals surface area contributed by atoms with Crippen molar-refractivity contribution in [2.45, 2.75) is 53.7 Å². The van der Waals surface area contributed by atoms with Crippen LogP contribution >= 0.6 is 11.3 Å². The van der Waals surface area contributed by atoms with E-state index in [1.807, 2.05) is 24.8 Å². The summed E-state index contributed by atoms with van der Waals surface area (Å²) in [6.45, 7) is 13.1. The Balaban J connectivity index is 1.58. The average molecular weight is 416 g/mol. The van der Waals surface area contributed by atoms with Crippen LogP contribution in [0.4, 0.5) is 0 Å². The highest BCUT2D eigenvalue weighted by molar-refractivity contribution is 7.11. The van der Waals surface area contributed by atoms with Crippen molar-refractivity contribution in [2.75, 3.05) is 26.2 Å². The van der Waals surface area contributed by atoms with Crippen molar-refractivity contribution in [1.29, 1.82) is 0 Å². The van der Waals surface area contributed by atoms with Gasteiger partial charge in [-0.05, 0) is 64.8 Å². The second kappa shape index (κ2) is 10.2. The highest BCUT2D eigenvalue weighted by Gasteiger charge is 2.28. The largest absolute Gasteiger partial charge is 0.488 e. The summed E-state index contributed by atoms with van der Waals surface area (Å²) in [5, 5.41) is 1.08. The van der Waals surface area contributed by atoms with E-state index in [0.717, 1.165) is 62.0 Å². The van der Waals surface area contributed by atoms with E-state index in [1.54, 1.807) is 11.3 Å². The lowest BCUT2D eigenvalue weighted by molar-refractivity contribution is -0.137. The van der Waals surface area contributed by atoms with Crippen molar-refractivity contribution in [2.24, 2.45) is 5.92 Å². The Kier molecular flexibility index (Phi) is 7.67. The maximum atomic E-state index is 12.7. The molecular weight excluding hydrogens is 382 g/mol. The monoisotopic (exact) mass is 415 g/mol. The van der Waals surface area contributed by atoms with E-state index in [1.165, 1.54) is 10.4 Å². The number of hydrogen-bond donors (Lipinski definition) is 0. The van der Waals surface area contributed by atoms with Gasteiger partial charge in [-0.3, -0.25) is 9.69 Å². The van der Waals surface area contributed by atoms with Crippen LogP contribution in [0.25, 0.3) is 0 Å². The molecule has 1 aliphatic rings. The lowest BCUT2D eigenvalue weighted by atomic mass is 9.96. The van der Waals surface area contributed by atoms with Crippen LogP contribution in [-0.4, -0.2) is 46.9 Å². The number of carbonyl (C=O) groups excluding carboxylic acids is 1. The number of aryl methyl sites for hydroxylation is 2. The lowest BCUT2D eigenvalue weighted by Crippen LogP contribution is -2.44. The molecule has 158 valence electrons. The molecule has 0 aliphatic carbocycles. The molecule has 1 aromatic carbocycles. The summed E-state index contributed by atoms with van der Waals surface area (Å²) in [7, 11) is 0. The highest BCUT2D eigenvalue weighted by atomic mass is 32.1. The number of thiazole rings is 1. The first-order chi connectivity index (χ1) is 14.0. The molecule has 3 rings (SSSR count). The fraction of sp³-hybridized carbons (Fsp3) is 0.565. The van der Waals surface area contributed by atoms with Crippen LogP contribution < -0.4 is 4.74 Å². The maximum absolute atomic E-state index is 12.7. The van der Waals surface area contributed by atoms with Gasteiger partial charge in [0, 0.05) is 26.2 Å². The highest BCUT2D eigenvalue weighted by Crippen LogP contribution is 2.24. The van der Waals surface area contributed by atoms with Crippen LogP contribution in [0.1, 0.15) is 47.8 Å². The number of nitrogens with zero attached hydrogens (tertiary/aromatic N) is 3. The Bertz CT molecular complexity index is 816. The first kappa shape index (κ1) is 21.8. The molecule has 0 saturated carbocycles. The molecule has 0 spiro atoms. The van der Waals surface area contributed by atoms with Crippen LogP contribution in [0, 0.1) is 19.8 Å². The number of rotatable bonds is 8. The molecule has 2 heterocycles. The summed E-state index contributed by atoms with van der Waals surface area (Å²) >= 11 is 1.69. The Labute approximate surface area is 178 Å². The molecule has 1 unspecified atom stereocenters. The number of piperidine rings is 1. The third-order valence-corrected chi connectivity index (χ3v) is 6.65. The molecule has 1 saturated heterocycles. The average Bonchev–Trinajstić information content (AvgIpc) is 3.05. The maximum Gasteiger partial charge on any atom is 0.226 e. The molecule has 1 aliphatic heterocycles. The molecular formula is C23H33N3O2S. The Morgan fingerprint density at radius 1 is 1.31 bits per heavy atom. The van der Waals surface area contributed by atoms with E-state index >= 15 is 0 Å². The number of hydrogen-bond acceptors (Lipinski definition) is 5. The summed E-state index contributed by atoms with van der Waals surface area (Å²) in [6.07, 6.45) is 2.08. The summed E-state index contributed by atoms with van der Waals surface area (Å²) < 4.78 is 6.03. The minimum absolute atomic E-state index is 0.126. The molecule has 0 bridgehead atoms. The fourth-order valence-corrected chi connectivity index (χ4v) is 4.89. The van der Waals surface area contributed by atoms with Gasteiger partial charge in [-0.1, -0.05) is 12.1 Å². The van der Waals surface area contributed by atoms with Gasteiger partial charge in [0.25, 0.3) is 0 Å². The summed E-state index contributed by atoms with van der Waals surface area (Å²) in [5.41, 5.74) is 2.29. The molecule has 29 heavy (non-hydrogen) atoms. The molecule has 1 aromatic heterocycles.